The highest BCUT2D eigenvalue weighted by Gasteiger charge is 2.23. The molecule has 1 amide bonds. The summed E-state index contributed by atoms with van der Waals surface area (Å²) in [5.41, 5.74) is 9.35. The van der Waals surface area contributed by atoms with E-state index in [2.05, 4.69) is 30.0 Å². The van der Waals surface area contributed by atoms with E-state index in [9.17, 15) is 14.4 Å². The van der Waals surface area contributed by atoms with E-state index >= 15 is 0 Å². The van der Waals surface area contributed by atoms with Crippen LogP contribution in [-0.2, 0) is 25.5 Å². The Labute approximate surface area is 189 Å². The van der Waals surface area contributed by atoms with Crippen molar-refractivity contribution < 1.29 is 23.9 Å². The minimum atomic E-state index is -0.974. The number of nitrogens with one attached hydrogen (secondary N) is 1. The number of anilines is 1. The molecule has 0 bridgehead atoms. The highest BCUT2D eigenvalue weighted by molar-refractivity contribution is 5.96. The van der Waals surface area contributed by atoms with Crippen LogP contribution in [0.2, 0.25) is 0 Å². The number of benzene rings is 1. The van der Waals surface area contributed by atoms with Crippen molar-refractivity contribution in [3.05, 3.63) is 53.0 Å². The summed E-state index contributed by atoms with van der Waals surface area (Å²) < 4.78 is 9.29. The predicted molar refractivity (Wildman–Crippen MR) is 118 cm³/mol. The van der Waals surface area contributed by atoms with Gasteiger partial charge in [-0.25, -0.2) is 19.7 Å². The number of hydrogen-bond donors (Lipinski definition) is 2. The number of ether oxygens (including phenoxy) is 2. The number of methoxy groups -OCH3 is 2. The molecule has 0 radical (unpaired) electrons. The first-order chi connectivity index (χ1) is 15.8. The summed E-state index contributed by atoms with van der Waals surface area (Å²) in [6.07, 6.45) is 2.05. The van der Waals surface area contributed by atoms with E-state index in [4.69, 9.17) is 10.5 Å². The molecule has 0 aliphatic rings. The van der Waals surface area contributed by atoms with Crippen LogP contribution in [0.1, 0.15) is 40.2 Å². The molecule has 11 nitrogen and oxygen atoms in total. The Hall–Kier alpha value is -4.15. The molecule has 0 fully saturated rings. The lowest BCUT2D eigenvalue weighted by atomic mass is 10.1. The number of nitrogen functional groups attached to an aromatic ring is 1. The SMILES string of the molecule is COC(=O)CC[C@H](NC(=O)c1ccc(Cc2nc(N)nc3ncc(C)nc23)cc1)C(=O)OC. The Bertz CT molecular complexity index is 1180. The fourth-order valence-corrected chi connectivity index (χ4v) is 3.16. The van der Waals surface area contributed by atoms with Gasteiger partial charge in [0, 0.05) is 18.4 Å². The van der Waals surface area contributed by atoms with Crippen LogP contribution >= 0.6 is 0 Å². The second-order valence-electron chi connectivity index (χ2n) is 7.25. The maximum absolute atomic E-state index is 12.6. The largest absolute Gasteiger partial charge is 0.469 e. The summed E-state index contributed by atoms with van der Waals surface area (Å²) in [6, 6.07) is 5.82. The lowest BCUT2D eigenvalue weighted by Gasteiger charge is -2.16. The van der Waals surface area contributed by atoms with Crippen molar-refractivity contribution in [3.63, 3.8) is 0 Å². The minimum absolute atomic E-state index is 0.0339. The molecule has 0 unspecified atom stereocenters. The first-order valence-corrected chi connectivity index (χ1v) is 10.1. The van der Waals surface area contributed by atoms with E-state index in [0.29, 0.717) is 28.8 Å². The Kier molecular flexibility index (Phi) is 7.44. The average molecular weight is 452 g/mol. The third kappa shape index (κ3) is 5.97. The Balaban J connectivity index is 1.74. The summed E-state index contributed by atoms with van der Waals surface area (Å²) in [6.45, 7) is 1.83. The van der Waals surface area contributed by atoms with E-state index in [1.165, 1.54) is 14.2 Å². The molecule has 0 aliphatic heterocycles. The van der Waals surface area contributed by atoms with Gasteiger partial charge >= 0.3 is 11.9 Å². The van der Waals surface area contributed by atoms with E-state index in [1.54, 1.807) is 30.5 Å². The molecule has 0 saturated heterocycles. The van der Waals surface area contributed by atoms with Crippen molar-refractivity contribution in [2.24, 2.45) is 0 Å². The van der Waals surface area contributed by atoms with Gasteiger partial charge in [0.25, 0.3) is 5.91 Å². The fraction of sp³-hybridized carbons (Fsp3) is 0.318. The minimum Gasteiger partial charge on any atom is -0.469 e. The number of nitrogens with two attached hydrogens (primary N) is 1. The molecule has 2 heterocycles. The van der Waals surface area contributed by atoms with E-state index < -0.39 is 23.9 Å². The van der Waals surface area contributed by atoms with Gasteiger partial charge in [-0.2, -0.15) is 4.98 Å². The first-order valence-electron chi connectivity index (χ1n) is 10.1. The Morgan fingerprint density at radius 3 is 2.45 bits per heavy atom. The van der Waals surface area contributed by atoms with Gasteiger partial charge in [0.05, 0.1) is 31.8 Å². The van der Waals surface area contributed by atoms with Crippen molar-refractivity contribution in [2.45, 2.75) is 32.2 Å². The zero-order valence-corrected chi connectivity index (χ0v) is 18.5. The summed E-state index contributed by atoms with van der Waals surface area (Å²) in [7, 11) is 2.46. The van der Waals surface area contributed by atoms with Crippen LogP contribution in [0.4, 0.5) is 5.95 Å². The summed E-state index contributed by atoms with van der Waals surface area (Å²) in [4.78, 5) is 53.1. The van der Waals surface area contributed by atoms with Gasteiger partial charge in [0.15, 0.2) is 5.65 Å². The number of esters is 2. The summed E-state index contributed by atoms with van der Waals surface area (Å²) in [5, 5.41) is 2.59. The second-order valence-corrected chi connectivity index (χ2v) is 7.25. The maximum atomic E-state index is 12.6. The Morgan fingerprint density at radius 1 is 1.06 bits per heavy atom. The number of aryl methyl sites for hydroxylation is 1. The zero-order chi connectivity index (χ0) is 24.0. The van der Waals surface area contributed by atoms with Crippen molar-refractivity contribution >= 4 is 35.0 Å². The standard InChI is InChI=1S/C22H24N6O5/c1-12-11-24-19-18(25-12)16(27-22(23)28-19)10-13-4-6-14(7-5-13)20(30)26-15(21(31)33-3)8-9-17(29)32-2/h4-7,11,15H,8-10H2,1-3H3,(H,26,30)(H2,23,24,27,28)/t15-/m0/s1. The quantitative estimate of drug-likeness (QED) is 0.474. The topological polar surface area (TPSA) is 159 Å². The van der Waals surface area contributed by atoms with Crippen LogP contribution in [-0.4, -0.2) is 58.0 Å². The highest BCUT2D eigenvalue weighted by atomic mass is 16.5. The lowest BCUT2D eigenvalue weighted by molar-refractivity contribution is -0.144. The molecular formula is C22H24N6O5. The molecule has 3 aromatic rings. The van der Waals surface area contributed by atoms with Gasteiger partial charge in [0.1, 0.15) is 11.6 Å². The number of hydrogen-bond acceptors (Lipinski definition) is 10. The lowest BCUT2D eigenvalue weighted by Crippen LogP contribution is -2.41. The predicted octanol–water partition coefficient (Wildman–Crippen LogP) is 1.13. The molecule has 0 spiro atoms. The van der Waals surface area contributed by atoms with Crippen molar-refractivity contribution in [3.8, 4) is 0 Å². The first kappa shape index (κ1) is 23.5. The zero-order valence-electron chi connectivity index (χ0n) is 18.5. The van der Waals surface area contributed by atoms with Gasteiger partial charge in [-0.05, 0) is 31.0 Å². The van der Waals surface area contributed by atoms with Gasteiger partial charge in [-0.3, -0.25) is 9.59 Å². The smallest absolute Gasteiger partial charge is 0.328 e. The van der Waals surface area contributed by atoms with Gasteiger partial charge in [0.2, 0.25) is 5.95 Å². The number of aromatic nitrogens is 4. The molecule has 11 heteroatoms. The van der Waals surface area contributed by atoms with Crippen LogP contribution in [0.5, 0.6) is 0 Å². The summed E-state index contributed by atoms with van der Waals surface area (Å²) in [5.74, 6) is -1.50. The molecule has 33 heavy (non-hydrogen) atoms. The van der Waals surface area contributed by atoms with Crippen LogP contribution in [0.3, 0.4) is 0 Å². The van der Waals surface area contributed by atoms with Crippen LogP contribution in [0, 0.1) is 6.92 Å². The van der Waals surface area contributed by atoms with Crippen molar-refractivity contribution in [2.75, 3.05) is 20.0 Å². The van der Waals surface area contributed by atoms with E-state index in [1.807, 2.05) is 6.92 Å². The second kappa shape index (κ2) is 10.4. The molecular weight excluding hydrogens is 428 g/mol. The highest BCUT2D eigenvalue weighted by Crippen LogP contribution is 2.17. The number of rotatable bonds is 8. The number of fused-ring (bicyclic) bond motifs is 1. The third-order valence-corrected chi connectivity index (χ3v) is 4.86. The number of amides is 1. The van der Waals surface area contributed by atoms with Gasteiger partial charge < -0.3 is 20.5 Å². The van der Waals surface area contributed by atoms with Crippen LogP contribution < -0.4 is 11.1 Å². The number of nitrogens with zero attached hydrogens (tertiary/aromatic N) is 4. The number of carbonyl (C=O) groups excluding carboxylic acids is 3. The van der Waals surface area contributed by atoms with Crippen molar-refractivity contribution in [1.29, 1.82) is 0 Å². The molecule has 3 N–H and O–H groups in total. The van der Waals surface area contributed by atoms with Gasteiger partial charge in [-0.1, -0.05) is 12.1 Å². The molecule has 3 rings (SSSR count). The van der Waals surface area contributed by atoms with Crippen LogP contribution in [0.15, 0.2) is 30.5 Å². The van der Waals surface area contributed by atoms with Crippen molar-refractivity contribution in [1.82, 2.24) is 25.3 Å². The molecule has 0 aliphatic carbocycles. The third-order valence-electron chi connectivity index (χ3n) is 4.86. The molecule has 1 aromatic carbocycles. The number of carbonyl (C=O) groups is 3. The molecule has 0 saturated carbocycles. The summed E-state index contributed by atoms with van der Waals surface area (Å²) >= 11 is 0. The van der Waals surface area contributed by atoms with E-state index in [-0.39, 0.29) is 18.8 Å². The average Bonchev–Trinajstić information content (AvgIpc) is 2.81. The molecule has 1 atom stereocenters. The van der Waals surface area contributed by atoms with Crippen LogP contribution in [0.25, 0.3) is 11.2 Å². The fourth-order valence-electron chi connectivity index (χ4n) is 3.16. The van der Waals surface area contributed by atoms with Gasteiger partial charge in [-0.15, -0.1) is 0 Å². The van der Waals surface area contributed by atoms with E-state index in [0.717, 1.165) is 11.3 Å². The Morgan fingerprint density at radius 2 is 1.79 bits per heavy atom. The normalized spacial score (nSPS) is 11.6. The monoisotopic (exact) mass is 452 g/mol. The molecule has 172 valence electrons. The maximum Gasteiger partial charge on any atom is 0.328 e. The molecule has 2 aromatic heterocycles.